The van der Waals surface area contributed by atoms with Crippen molar-refractivity contribution in [3.63, 3.8) is 0 Å². The molecule has 4 atom stereocenters. The Morgan fingerprint density at radius 3 is 1.00 bits per heavy atom. The van der Waals surface area contributed by atoms with Crippen LogP contribution in [-0.4, -0.2) is 95.4 Å². The van der Waals surface area contributed by atoms with Gasteiger partial charge in [0.2, 0.25) is 0 Å². The van der Waals surface area contributed by atoms with Crippen molar-refractivity contribution in [3.05, 3.63) is 71.8 Å². The third-order valence-corrected chi connectivity index (χ3v) is 10.8. The maximum Gasteiger partial charge on any atom is 2.00 e. The van der Waals surface area contributed by atoms with E-state index in [1.54, 1.807) is 0 Å². The van der Waals surface area contributed by atoms with Gasteiger partial charge in [-0.3, -0.25) is 0 Å². The molecule has 2 aromatic rings. The fraction of sp³-hybridized carbons (Fsp3) is 0.720. The van der Waals surface area contributed by atoms with Crippen molar-refractivity contribution in [1.82, 2.24) is 0 Å². The number of ether oxygens (including phenoxy) is 2. The van der Waals surface area contributed by atoms with E-state index in [4.69, 9.17) is 9.47 Å². The van der Waals surface area contributed by atoms with Gasteiger partial charge in [0, 0.05) is 24.8 Å². The van der Waals surface area contributed by atoms with E-state index in [-0.39, 0.29) is 86.1 Å². The molecule has 0 spiro atoms. The first-order valence-corrected chi connectivity index (χ1v) is 23.3. The normalized spacial score (nSPS) is 13.1. The number of aliphatic hydroxyl groups is 2. The van der Waals surface area contributed by atoms with Crippen LogP contribution in [0.5, 0.6) is 0 Å². The summed E-state index contributed by atoms with van der Waals surface area (Å²) in [6, 6.07) is 19.7. The third kappa shape index (κ3) is 38.2. The molecule has 0 amide bonds. The number of aliphatic carboxylic acids is 2. The number of carboxylic acids is 2. The van der Waals surface area contributed by atoms with Crippen LogP contribution in [0.3, 0.4) is 0 Å². The maximum absolute atomic E-state index is 11.0. The Labute approximate surface area is 400 Å². The molecule has 0 saturated heterocycles. The summed E-state index contributed by atoms with van der Waals surface area (Å²) < 4.78 is 11.6. The van der Waals surface area contributed by atoms with Crippen molar-refractivity contribution in [2.24, 2.45) is 0 Å². The minimum absolute atomic E-state index is 0. The predicted octanol–water partition coefficient (Wildman–Crippen LogP) is 9.95. The van der Waals surface area contributed by atoms with Gasteiger partial charge >= 0.3 is 48.9 Å². The zero-order valence-corrected chi connectivity index (χ0v) is 41.8. The fourth-order valence-electron chi connectivity index (χ4n) is 7.37. The SMILES string of the molecule is CCCC(O)CCCCCCCCCCCC(CC(=O)[O-])OCc1ccccc1.CCCC(O)CCCCCCCCCCCC(CC(=O)[O-])OCc1ccccc1.[Ba+2]. The van der Waals surface area contributed by atoms with Crippen LogP contribution < -0.4 is 10.2 Å². The Morgan fingerprint density at radius 2 is 0.729 bits per heavy atom. The molecule has 0 aliphatic rings. The Hall–Kier alpha value is -1.21. The summed E-state index contributed by atoms with van der Waals surface area (Å²) in [6.45, 7) is 5.14. The summed E-state index contributed by atoms with van der Waals surface area (Å²) in [5, 5.41) is 41.3. The average molecular weight is 949 g/mol. The zero-order chi connectivity index (χ0) is 42.3. The molecular weight excluding hydrogens is 866 g/mol. The summed E-state index contributed by atoms with van der Waals surface area (Å²) >= 11 is 0. The van der Waals surface area contributed by atoms with E-state index < -0.39 is 11.9 Å². The first-order valence-electron chi connectivity index (χ1n) is 23.3. The van der Waals surface area contributed by atoms with Gasteiger partial charge < -0.3 is 39.5 Å². The molecule has 8 nitrogen and oxygen atoms in total. The van der Waals surface area contributed by atoms with Crippen LogP contribution in [0.15, 0.2) is 60.7 Å². The van der Waals surface area contributed by atoms with E-state index in [9.17, 15) is 30.0 Å². The van der Waals surface area contributed by atoms with E-state index in [0.29, 0.717) is 13.2 Å². The molecule has 0 saturated carbocycles. The van der Waals surface area contributed by atoms with Crippen LogP contribution in [-0.2, 0) is 32.3 Å². The molecule has 332 valence electrons. The number of carbonyl (C=O) groups is 2. The number of hydrogen-bond acceptors (Lipinski definition) is 8. The minimum Gasteiger partial charge on any atom is -0.550 e. The van der Waals surface area contributed by atoms with Gasteiger partial charge in [-0.25, -0.2) is 0 Å². The second kappa shape index (κ2) is 42.1. The van der Waals surface area contributed by atoms with E-state index in [1.165, 1.54) is 77.0 Å². The smallest absolute Gasteiger partial charge is 0.550 e. The number of unbranched alkanes of at least 4 members (excludes halogenated alkanes) is 16. The van der Waals surface area contributed by atoms with Gasteiger partial charge in [-0.15, -0.1) is 0 Å². The molecule has 0 aliphatic carbocycles. The van der Waals surface area contributed by atoms with Crippen molar-refractivity contribution in [3.8, 4) is 0 Å². The molecular formula is C50H82BaO8. The van der Waals surface area contributed by atoms with Crippen molar-refractivity contribution < 1.29 is 39.5 Å². The second-order valence-electron chi connectivity index (χ2n) is 16.4. The number of carbonyl (C=O) groups excluding carboxylic acids is 2. The number of aliphatic hydroxyl groups excluding tert-OH is 2. The monoisotopic (exact) mass is 949 g/mol. The summed E-state index contributed by atoms with van der Waals surface area (Å²) in [5.41, 5.74) is 2.13. The molecule has 0 fully saturated rings. The minimum atomic E-state index is -1.04. The Balaban J connectivity index is 0.00000112. The molecule has 4 unspecified atom stereocenters. The zero-order valence-electron chi connectivity index (χ0n) is 37.3. The van der Waals surface area contributed by atoms with Gasteiger partial charge in [-0.1, -0.05) is 203 Å². The molecule has 0 aliphatic heterocycles. The van der Waals surface area contributed by atoms with Crippen LogP contribution in [0.2, 0.25) is 0 Å². The van der Waals surface area contributed by atoms with Crippen LogP contribution in [0.25, 0.3) is 0 Å². The topological polar surface area (TPSA) is 139 Å². The molecule has 0 radical (unpaired) electrons. The van der Waals surface area contributed by atoms with E-state index in [0.717, 1.165) is 101 Å². The first-order chi connectivity index (χ1) is 28.2. The van der Waals surface area contributed by atoms with E-state index in [1.807, 2.05) is 60.7 Å². The summed E-state index contributed by atoms with van der Waals surface area (Å²) in [5.74, 6) is -2.07. The largest absolute Gasteiger partial charge is 2.00 e. The van der Waals surface area contributed by atoms with Gasteiger partial charge in [0.25, 0.3) is 0 Å². The fourth-order valence-corrected chi connectivity index (χ4v) is 7.37. The van der Waals surface area contributed by atoms with Crippen molar-refractivity contribution in [2.75, 3.05) is 0 Å². The van der Waals surface area contributed by atoms with Gasteiger partial charge in [0.15, 0.2) is 0 Å². The number of rotatable bonds is 38. The van der Waals surface area contributed by atoms with Crippen LogP contribution in [0, 0.1) is 0 Å². The number of benzene rings is 2. The third-order valence-electron chi connectivity index (χ3n) is 10.8. The van der Waals surface area contributed by atoms with E-state index >= 15 is 0 Å². The maximum atomic E-state index is 11.0. The van der Waals surface area contributed by atoms with Crippen LogP contribution in [0.4, 0.5) is 0 Å². The number of carboxylic acid groups (broad SMARTS) is 2. The molecule has 2 aromatic carbocycles. The molecule has 2 rings (SSSR count). The van der Waals surface area contributed by atoms with Gasteiger partial charge in [-0.2, -0.15) is 0 Å². The molecule has 59 heavy (non-hydrogen) atoms. The molecule has 2 N–H and O–H groups in total. The molecule has 0 bridgehead atoms. The second-order valence-corrected chi connectivity index (χ2v) is 16.4. The first kappa shape index (κ1) is 57.8. The van der Waals surface area contributed by atoms with Crippen LogP contribution in [0.1, 0.15) is 205 Å². The van der Waals surface area contributed by atoms with Crippen molar-refractivity contribution >= 4 is 60.8 Å². The quantitative estimate of drug-likeness (QED) is 0.0501. The van der Waals surface area contributed by atoms with Gasteiger partial charge in [0.1, 0.15) is 0 Å². The summed E-state index contributed by atoms with van der Waals surface area (Å²) in [4.78, 5) is 21.9. The van der Waals surface area contributed by atoms with E-state index in [2.05, 4.69) is 13.8 Å². The van der Waals surface area contributed by atoms with Gasteiger partial charge in [0.05, 0.1) is 37.6 Å². The Morgan fingerprint density at radius 1 is 0.458 bits per heavy atom. The Kier molecular flexibility index (Phi) is 41.2. The van der Waals surface area contributed by atoms with Crippen LogP contribution >= 0.6 is 0 Å². The van der Waals surface area contributed by atoms with Crippen molar-refractivity contribution in [2.45, 2.75) is 231 Å². The summed E-state index contributed by atoms with van der Waals surface area (Å²) in [6.07, 6.45) is 28.2. The predicted molar refractivity (Wildman–Crippen MR) is 238 cm³/mol. The standard InChI is InChI=1S/2C25H42O4.Ba/c2*1-2-15-23(26)18-13-8-6-4-3-5-7-9-14-19-24(20-25(27)28)29-21-22-16-11-10-12-17-22;/h2*10-12,16-17,23-24,26H,2-9,13-15,18-21H2,1H3,(H,27,28);/q;;+2/p-2. The molecule has 9 heteroatoms. The number of hydrogen-bond donors (Lipinski definition) is 2. The Bertz CT molecular complexity index is 1110. The average Bonchev–Trinajstić information content (AvgIpc) is 3.20. The van der Waals surface area contributed by atoms with Crippen molar-refractivity contribution in [1.29, 1.82) is 0 Å². The molecule has 0 aromatic heterocycles. The summed E-state index contributed by atoms with van der Waals surface area (Å²) in [7, 11) is 0. The van der Waals surface area contributed by atoms with Gasteiger partial charge in [-0.05, 0) is 49.7 Å². The molecule has 0 heterocycles.